The second kappa shape index (κ2) is 8.97. The molecule has 0 saturated carbocycles. The Bertz CT molecular complexity index is 650. The molecule has 2 aromatic rings. The maximum absolute atomic E-state index is 12.2. The Hall–Kier alpha value is -1.31. The summed E-state index contributed by atoms with van der Waals surface area (Å²) in [6.07, 6.45) is 1.50. The van der Waals surface area contributed by atoms with E-state index in [4.69, 9.17) is 0 Å². The summed E-state index contributed by atoms with van der Waals surface area (Å²) in [6.45, 7) is 7.90. The second-order valence-corrected chi connectivity index (χ2v) is 7.02. The first-order valence-corrected chi connectivity index (χ1v) is 9.74. The van der Waals surface area contributed by atoms with Crippen molar-refractivity contribution in [2.75, 3.05) is 0 Å². The van der Waals surface area contributed by atoms with Crippen LogP contribution in [0.15, 0.2) is 34.7 Å². The van der Waals surface area contributed by atoms with Crippen molar-refractivity contribution in [3.63, 3.8) is 0 Å². The third-order valence-corrected chi connectivity index (χ3v) is 5.56. The number of nitrogens with zero attached hydrogens (tertiary/aromatic N) is 2. The van der Waals surface area contributed by atoms with Crippen molar-refractivity contribution < 1.29 is 8.42 Å². The van der Waals surface area contributed by atoms with Gasteiger partial charge in [0, 0.05) is 11.6 Å². The molecule has 0 atom stereocenters. The van der Waals surface area contributed by atoms with Gasteiger partial charge in [-0.25, -0.2) is 18.1 Å². The van der Waals surface area contributed by atoms with Crippen LogP contribution >= 0.6 is 11.5 Å². The number of sulfonamides is 1. The van der Waals surface area contributed by atoms with E-state index in [1.165, 1.54) is 0 Å². The van der Waals surface area contributed by atoms with Crippen LogP contribution in [-0.4, -0.2) is 23.8 Å². The molecule has 7 heteroatoms. The van der Waals surface area contributed by atoms with E-state index in [0.29, 0.717) is 5.82 Å². The van der Waals surface area contributed by atoms with E-state index in [9.17, 15) is 8.42 Å². The van der Waals surface area contributed by atoms with E-state index >= 15 is 0 Å². The van der Waals surface area contributed by atoms with E-state index in [1.807, 2.05) is 58.0 Å². The first kappa shape index (κ1) is 18.7. The van der Waals surface area contributed by atoms with Crippen LogP contribution in [0.5, 0.6) is 0 Å². The van der Waals surface area contributed by atoms with Gasteiger partial charge in [0.2, 0.25) is 4.34 Å². The number of nitrogens with one attached hydrogen (secondary N) is 1. The minimum Gasteiger partial charge on any atom is -0.206 e. The summed E-state index contributed by atoms with van der Waals surface area (Å²) >= 11 is 0.903. The van der Waals surface area contributed by atoms with Gasteiger partial charge in [-0.1, -0.05) is 58.0 Å². The maximum Gasteiger partial charge on any atom is 0.269 e. The Labute approximate surface area is 137 Å². The average molecular weight is 342 g/mol. The predicted octanol–water partition coefficient (Wildman–Crippen LogP) is 3.70. The van der Waals surface area contributed by atoms with Gasteiger partial charge in [-0.3, -0.25) is 0 Å². The van der Waals surface area contributed by atoms with Crippen molar-refractivity contribution in [3.8, 4) is 11.4 Å². The summed E-state index contributed by atoms with van der Waals surface area (Å²) in [5.41, 5.74) is 0.813. The molecule has 0 saturated heterocycles. The van der Waals surface area contributed by atoms with Crippen molar-refractivity contribution in [3.05, 3.63) is 30.3 Å². The quantitative estimate of drug-likeness (QED) is 0.869. The Morgan fingerprint density at radius 3 is 2.27 bits per heavy atom. The molecule has 0 amide bonds. The number of hydrogen-bond acceptors (Lipinski definition) is 5. The van der Waals surface area contributed by atoms with Gasteiger partial charge < -0.3 is 0 Å². The van der Waals surface area contributed by atoms with Gasteiger partial charge in [0.1, 0.15) is 0 Å². The van der Waals surface area contributed by atoms with Crippen LogP contribution in [0.3, 0.4) is 0 Å². The topological polar surface area (TPSA) is 72.0 Å². The Balaban J connectivity index is 0.00000116. The summed E-state index contributed by atoms with van der Waals surface area (Å²) in [4.78, 5) is 4.13. The molecule has 0 aliphatic heterocycles. The fourth-order valence-corrected chi connectivity index (χ4v) is 3.91. The van der Waals surface area contributed by atoms with Gasteiger partial charge in [0.05, 0.1) is 0 Å². The number of benzene rings is 1. The van der Waals surface area contributed by atoms with Crippen molar-refractivity contribution in [1.29, 1.82) is 0 Å². The normalized spacial score (nSPS) is 11.1. The summed E-state index contributed by atoms with van der Waals surface area (Å²) in [5, 5.41) is 0. The van der Waals surface area contributed by atoms with Crippen LogP contribution in [-0.2, 0) is 10.0 Å². The molecule has 0 aliphatic carbocycles. The van der Waals surface area contributed by atoms with Crippen LogP contribution in [0.25, 0.3) is 11.4 Å². The lowest BCUT2D eigenvalue weighted by atomic mass is 10.2. The lowest BCUT2D eigenvalue weighted by Gasteiger charge is -2.12. The van der Waals surface area contributed by atoms with Gasteiger partial charge in [-0.05, 0) is 24.4 Å². The Morgan fingerprint density at radius 1 is 1.14 bits per heavy atom. The van der Waals surface area contributed by atoms with Crippen LogP contribution in [0.2, 0.25) is 0 Å². The molecule has 5 nitrogen and oxygen atoms in total. The van der Waals surface area contributed by atoms with Crippen molar-refractivity contribution in [1.82, 2.24) is 14.1 Å². The predicted molar refractivity (Wildman–Crippen MR) is 91.4 cm³/mol. The Morgan fingerprint density at radius 2 is 1.73 bits per heavy atom. The minimum absolute atomic E-state index is 0.0169. The molecule has 22 heavy (non-hydrogen) atoms. The third-order valence-electron chi connectivity index (χ3n) is 2.98. The fourth-order valence-electron chi connectivity index (χ4n) is 1.75. The molecule has 0 radical (unpaired) electrons. The average Bonchev–Trinajstić information content (AvgIpc) is 3.06. The first-order valence-electron chi connectivity index (χ1n) is 7.48. The summed E-state index contributed by atoms with van der Waals surface area (Å²) in [7, 11) is -3.58. The van der Waals surface area contributed by atoms with Crippen LogP contribution in [0, 0.1) is 0 Å². The molecule has 1 N–H and O–H groups in total. The van der Waals surface area contributed by atoms with E-state index in [1.54, 1.807) is 0 Å². The molecule has 0 unspecified atom stereocenters. The lowest BCUT2D eigenvalue weighted by molar-refractivity contribution is 0.530. The zero-order valence-electron chi connectivity index (χ0n) is 13.4. The molecule has 1 aromatic carbocycles. The van der Waals surface area contributed by atoms with Crippen LogP contribution in [0.4, 0.5) is 0 Å². The largest absolute Gasteiger partial charge is 0.269 e. The number of rotatable bonds is 6. The van der Waals surface area contributed by atoms with Crippen molar-refractivity contribution in [2.24, 2.45) is 0 Å². The molecule has 0 aliphatic rings. The van der Waals surface area contributed by atoms with Gasteiger partial charge >= 0.3 is 0 Å². The van der Waals surface area contributed by atoms with E-state index in [-0.39, 0.29) is 10.4 Å². The summed E-state index contributed by atoms with van der Waals surface area (Å²) < 4.78 is 31.2. The smallest absolute Gasteiger partial charge is 0.206 e. The maximum atomic E-state index is 12.2. The van der Waals surface area contributed by atoms with E-state index in [0.717, 1.165) is 29.9 Å². The highest BCUT2D eigenvalue weighted by Crippen LogP contribution is 2.21. The van der Waals surface area contributed by atoms with Crippen molar-refractivity contribution >= 4 is 21.6 Å². The van der Waals surface area contributed by atoms with Gasteiger partial charge in [-0.2, -0.15) is 4.37 Å². The zero-order chi connectivity index (χ0) is 16.6. The van der Waals surface area contributed by atoms with E-state index in [2.05, 4.69) is 14.1 Å². The van der Waals surface area contributed by atoms with Gasteiger partial charge in [-0.15, -0.1) is 0 Å². The molecule has 122 valence electrons. The molecule has 1 aromatic heterocycles. The molecule has 2 rings (SSSR count). The molecule has 0 bridgehead atoms. The second-order valence-electron chi connectivity index (χ2n) is 4.38. The summed E-state index contributed by atoms with van der Waals surface area (Å²) in [5.74, 6) is 0.445. The van der Waals surface area contributed by atoms with Crippen LogP contribution < -0.4 is 4.72 Å². The van der Waals surface area contributed by atoms with E-state index < -0.39 is 10.0 Å². The highest BCUT2D eigenvalue weighted by Gasteiger charge is 2.23. The molecule has 1 heterocycles. The lowest BCUT2D eigenvalue weighted by Crippen LogP contribution is -2.33. The number of aromatic nitrogens is 2. The SMILES string of the molecule is CC.CCC(CC)NS(=O)(=O)c1nc(-c2ccccc2)ns1. The Kier molecular flexibility index (Phi) is 7.64. The number of hydrogen-bond donors (Lipinski definition) is 1. The van der Waals surface area contributed by atoms with Crippen molar-refractivity contribution in [2.45, 2.75) is 50.9 Å². The zero-order valence-corrected chi connectivity index (χ0v) is 15.0. The third kappa shape index (κ3) is 4.86. The highest BCUT2D eigenvalue weighted by molar-refractivity contribution is 7.91. The fraction of sp³-hybridized carbons (Fsp3) is 0.467. The van der Waals surface area contributed by atoms with Gasteiger partial charge in [0.15, 0.2) is 5.82 Å². The molecule has 0 spiro atoms. The van der Waals surface area contributed by atoms with Crippen LogP contribution in [0.1, 0.15) is 40.5 Å². The highest BCUT2D eigenvalue weighted by atomic mass is 32.2. The molecular weight excluding hydrogens is 318 g/mol. The first-order chi connectivity index (χ1) is 10.6. The molecule has 0 fully saturated rings. The monoisotopic (exact) mass is 341 g/mol. The summed E-state index contributed by atoms with van der Waals surface area (Å²) in [6, 6.07) is 9.27. The minimum atomic E-state index is -3.58. The standard InChI is InChI=1S/C13H17N3O2S2.C2H6/c1-3-11(4-2)16-20(17,18)13-14-12(15-19-13)10-8-6-5-7-9-10;1-2/h5-9,11,16H,3-4H2,1-2H3;1-2H3. The van der Waals surface area contributed by atoms with Gasteiger partial charge in [0.25, 0.3) is 10.0 Å². The molecular formula is C15H23N3O2S2.